The lowest BCUT2D eigenvalue weighted by molar-refractivity contribution is -0.151. The predicted octanol–water partition coefficient (Wildman–Crippen LogP) is 2.06. The molecule has 2 aromatic rings. The predicted molar refractivity (Wildman–Crippen MR) is 101 cm³/mol. The summed E-state index contributed by atoms with van der Waals surface area (Å²) < 4.78 is 5.06. The largest absolute Gasteiger partial charge is 0.456 e. The first-order chi connectivity index (χ1) is 12.8. The third kappa shape index (κ3) is 5.28. The molecule has 0 atom stereocenters. The molecule has 0 aliphatic rings. The van der Waals surface area contributed by atoms with Crippen LogP contribution in [-0.2, 0) is 27.3 Å². The number of hydrogen-bond donors (Lipinski definition) is 1. The molecule has 2 rings (SSSR count). The minimum Gasteiger partial charge on any atom is -0.456 e. The van der Waals surface area contributed by atoms with Crippen LogP contribution in [0, 0.1) is 25.2 Å². The molecule has 0 bridgehead atoms. The fourth-order valence-corrected chi connectivity index (χ4v) is 3.38. The number of hydrogen-bond acceptors (Lipinski definition) is 6. The van der Waals surface area contributed by atoms with Crippen molar-refractivity contribution in [2.75, 3.05) is 13.7 Å². The Labute approximate surface area is 161 Å². The summed E-state index contributed by atoms with van der Waals surface area (Å²) in [6.45, 7) is 3.56. The maximum absolute atomic E-state index is 12.1. The molecular weight excluding hydrogens is 366 g/mol. The summed E-state index contributed by atoms with van der Waals surface area (Å²) in [5, 5.41) is 13.0. The highest BCUT2D eigenvalue weighted by atomic mass is 32.1. The second-order valence-electron chi connectivity index (χ2n) is 6.21. The van der Waals surface area contributed by atoms with E-state index in [1.165, 1.54) is 4.90 Å². The quantitative estimate of drug-likeness (QED) is 0.733. The first-order valence-corrected chi connectivity index (χ1v) is 9.30. The van der Waals surface area contributed by atoms with Crippen molar-refractivity contribution in [3.63, 3.8) is 0 Å². The van der Waals surface area contributed by atoms with Gasteiger partial charge in [-0.3, -0.25) is 14.4 Å². The highest BCUT2D eigenvalue weighted by Gasteiger charge is 2.16. The molecule has 27 heavy (non-hydrogen) atoms. The summed E-state index contributed by atoms with van der Waals surface area (Å²) in [4.78, 5) is 39.9. The van der Waals surface area contributed by atoms with Gasteiger partial charge in [0.2, 0.25) is 0 Å². The molecule has 0 saturated carbocycles. The molecule has 0 spiro atoms. The molecule has 0 aromatic carbocycles. The van der Waals surface area contributed by atoms with Gasteiger partial charge in [-0.1, -0.05) is 0 Å². The van der Waals surface area contributed by atoms with Crippen molar-refractivity contribution in [1.82, 2.24) is 9.88 Å². The van der Waals surface area contributed by atoms with E-state index >= 15 is 0 Å². The molecule has 0 fully saturated rings. The normalized spacial score (nSPS) is 10.3. The Morgan fingerprint density at radius 3 is 2.74 bits per heavy atom. The van der Waals surface area contributed by atoms with E-state index in [0.717, 1.165) is 11.1 Å². The number of nitrogens with zero attached hydrogens (tertiary/aromatic N) is 2. The van der Waals surface area contributed by atoms with Gasteiger partial charge >= 0.3 is 5.97 Å². The molecule has 2 heterocycles. The lowest BCUT2D eigenvalue weighted by atomic mass is 9.99. The van der Waals surface area contributed by atoms with E-state index < -0.39 is 11.5 Å². The third-order valence-corrected chi connectivity index (χ3v) is 5.01. The van der Waals surface area contributed by atoms with Gasteiger partial charge in [0, 0.05) is 25.7 Å². The molecule has 0 unspecified atom stereocenters. The van der Waals surface area contributed by atoms with Gasteiger partial charge in [-0.05, 0) is 53.8 Å². The van der Waals surface area contributed by atoms with Crippen LogP contribution in [0.2, 0.25) is 0 Å². The molecule has 0 radical (unpaired) electrons. The molecule has 1 amide bonds. The van der Waals surface area contributed by atoms with Crippen LogP contribution in [0.4, 0.5) is 0 Å². The van der Waals surface area contributed by atoms with Crippen molar-refractivity contribution in [3.05, 3.63) is 55.1 Å². The first-order valence-electron chi connectivity index (χ1n) is 8.36. The second-order valence-corrected chi connectivity index (χ2v) is 6.99. The van der Waals surface area contributed by atoms with Gasteiger partial charge in [0.05, 0.1) is 0 Å². The molecular formula is C19H21N3O4S. The van der Waals surface area contributed by atoms with E-state index in [4.69, 9.17) is 10.00 Å². The van der Waals surface area contributed by atoms with Gasteiger partial charge < -0.3 is 14.6 Å². The lowest BCUT2D eigenvalue weighted by Crippen LogP contribution is -2.30. The number of amides is 1. The molecule has 8 heteroatoms. The van der Waals surface area contributed by atoms with Crippen LogP contribution < -0.4 is 5.56 Å². The summed E-state index contributed by atoms with van der Waals surface area (Å²) in [5.41, 5.74) is 2.57. The van der Waals surface area contributed by atoms with Crippen molar-refractivity contribution in [2.24, 2.45) is 0 Å². The maximum atomic E-state index is 12.1. The number of pyridine rings is 1. The average Bonchev–Trinajstić information content (AvgIpc) is 3.12. The fourth-order valence-electron chi connectivity index (χ4n) is 2.72. The smallest absolute Gasteiger partial charge is 0.306 e. The Morgan fingerprint density at radius 2 is 2.11 bits per heavy atom. The monoisotopic (exact) mass is 387 g/mol. The zero-order valence-electron chi connectivity index (χ0n) is 15.5. The van der Waals surface area contributed by atoms with Crippen LogP contribution in [0.3, 0.4) is 0 Å². The van der Waals surface area contributed by atoms with Crippen LogP contribution in [-0.4, -0.2) is 35.4 Å². The number of likely N-dealkylation sites (N-methyl/N-ethyl adjacent to an activating group) is 1. The van der Waals surface area contributed by atoms with Crippen LogP contribution in [0.25, 0.3) is 0 Å². The van der Waals surface area contributed by atoms with E-state index in [1.54, 1.807) is 32.2 Å². The van der Waals surface area contributed by atoms with Crippen LogP contribution in [0.1, 0.15) is 34.4 Å². The minimum absolute atomic E-state index is 0.0502. The van der Waals surface area contributed by atoms with E-state index in [1.807, 2.05) is 22.9 Å². The van der Waals surface area contributed by atoms with Crippen LogP contribution in [0.5, 0.6) is 0 Å². The van der Waals surface area contributed by atoms with Gasteiger partial charge in [0.15, 0.2) is 6.61 Å². The summed E-state index contributed by atoms with van der Waals surface area (Å²) in [7, 11) is 1.66. The number of carbonyl (C=O) groups excluding carboxylic acids is 2. The Morgan fingerprint density at radius 1 is 1.37 bits per heavy atom. The molecule has 0 saturated heterocycles. The number of thiophene rings is 1. The molecule has 0 aliphatic carbocycles. The van der Waals surface area contributed by atoms with Crippen molar-refractivity contribution in [2.45, 2.75) is 33.2 Å². The Kier molecular flexibility index (Phi) is 6.91. The number of aromatic amines is 1. The summed E-state index contributed by atoms with van der Waals surface area (Å²) >= 11 is 1.56. The summed E-state index contributed by atoms with van der Waals surface area (Å²) in [6, 6.07) is 3.82. The summed E-state index contributed by atoms with van der Waals surface area (Å²) in [6.07, 6.45) is 0.376. The fraction of sp³-hybridized carbons (Fsp3) is 0.368. The van der Waals surface area contributed by atoms with Crippen LogP contribution >= 0.6 is 11.3 Å². The third-order valence-electron chi connectivity index (χ3n) is 4.28. The number of aromatic nitrogens is 1. The Bertz CT molecular complexity index is 926. The zero-order chi connectivity index (χ0) is 20.0. The number of nitrogens with one attached hydrogen (secondary N) is 1. The average molecular weight is 387 g/mol. The minimum atomic E-state index is -0.504. The number of esters is 1. The van der Waals surface area contributed by atoms with Gasteiger partial charge in [-0.25, -0.2) is 0 Å². The van der Waals surface area contributed by atoms with Gasteiger partial charge in [-0.2, -0.15) is 16.6 Å². The number of carbonyl (C=O) groups is 2. The number of H-pyrrole nitrogens is 1. The molecule has 0 aliphatic heterocycles. The molecule has 2 aromatic heterocycles. The number of rotatable bonds is 7. The van der Waals surface area contributed by atoms with Crippen molar-refractivity contribution >= 4 is 23.2 Å². The number of aryl methyl sites for hydroxylation is 1. The highest BCUT2D eigenvalue weighted by Crippen LogP contribution is 2.15. The van der Waals surface area contributed by atoms with Gasteiger partial charge in [0.1, 0.15) is 11.6 Å². The highest BCUT2D eigenvalue weighted by molar-refractivity contribution is 7.07. The second kappa shape index (κ2) is 9.14. The van der Waals surface area contributed by atoms with Gasteiger partial charge in [-0.15, -0.1) is 0 Å². The topological polar surface area (TPSA) is 103 Å². The Hall–Kier alpha value is -2.92. The number of ether oxygens (including phenoxy) is 1. The zero-order valence-corrected chi connectivity index (χ0v) is 16.3. The molecule has 1 N–H and O–H groups in total. The standard InChI is InChI=1S/C19H21N3O4S/c1-12-15(13(2)21-19(25)16(12)8-20)4-5-18(24)26-10-17(23)22(3)9-14-6-7-27-11-14/h6-7,11H,4-5,9-10H2,1-3H3,(H,21,25). The molecule has 7 nitrogen and oxygen atoms in total. The van der Waals surface area contributed by atoms with Gasteiger partial charge in [0.25, 0.3) is 11.5 Å². The Balaban J connectivity index is 1.87. The lowest BCUT2D eigenvalue weighted by Gasteiger charge is -2.16. The van der Waals surface area contributed by atoms with Crippen molar-refractivity contribution in [1.29, 1.82) is 5.26 Å². The van der Waals surface area contributed by atoms with Crippen molar-refractivity contribution in [3.8, 4) is 6.07 Å². The maximum Gasteiger partial charge on any atom is 0.306 e. The van der Waals surface area contributed by atoms with E-state index in [9.17, 15) is 14.4 Å². The summed E-state index contributed by atoms with van der Waals surface area (Å²) in [5.74, 6) is -0.784. The van der Waals surface area contributed by atoms with Crippen LogP contribution in [0.15, 0.2) is 21.6 Å². The SMILES string of the molecule is Cc1[nH]c(=O)c(C#N)c(C)c1CCC(=O)OCC(=O)N(C)Cc1ccsc1. The number of nitriles is 1. The van der Waals surface area contributed by atoms with E-state index in [-0.39, 0.29) is 24.5 Å². The molecule has 142 valence electrons. The van der Waals surface area contributed by atoms with E-state index in [0.29, 0.717) is 24.2 Å². The first kappa shape index (κ1) is 20.4. The van der Waals surface area contributed by atoms with E-state index in [2.05, 4.69) is 4.98 Å². The van der Waals surface area contributed by atoms with Crippen molar-refractivity contribution < 1.29 is 14.3 Å².